The van der Waals surface area contributed by atoms with Crippen molar-refractivity contribution in [3.8, 4) is 0 Å². The average molecular weight is 272 g/mol. The molecule has 1 aliphatic heterocycles. The minimum absolute atomic E-state index is 0.259. The number of amides is 1. The van der Waals surface area contributed by atoms with Gasteiger partial charge in [0.25, 0.3) is 0 Å². The SMILES string of the molecule is CCOC(=O)[C@@H]1CCNC[C@@H]1NC(=O)OC(C)(C)C. The van der Waals surface area contributed by atoms with Crippen LogP contribution in [0.5, 0.6) is 0 Å². The Hall–Kier alpha value is -1.30. The van der Waals surface area contributed by atoms with Crippen LogP contribution in [-0.4, -0.2) is 43.4 Å². The second kappa shape index (κ2) is 6.75. The minimum Gasteiger partial charge on any atom is -0.466 e. The van der Waals surface area contributed by atoms with Gasteiger partial charge in [-0.2, -0.15) is 0 Å². The van der Waals surface area contributed by atoms with Crippen molar-refractivity contribution in [2.75, 3.05) is 19.7 Å². The molecule has 1 fully saturated rings. The number of ether oxygens (including phenoxy) is 2. The molecule has 110 valence electrons. The van der Waals surface area contributed by atoms with Crippen LogP contribution in [0, 0.1) is 5.92 Å². The van der Waals surface area contributed by atoms with Crippen LogP contribution in [0.15, 0.2) is 0 Å². The zero-order chi connectivity index (χ0) is 14.5. The molecule has 0 spiro atoms. The van der Waals surface area contributed by atoms with E-state index in [1.165, 1.54) is 0 Å². The largest absolute Gasteiger partial charge is 0.466 e. The van der Waals surface area contributed by atoms with E-state index in [-0.39, 0.29) is 17.9 Å². The van der Waals surface area contributed by atoms with Crippen LogP contribution < -0.4 is 10.6 Å². The van der Waals surface area contributed by atoms with Gasteiger partial charge in [-0.25, -0.2) is 4.79 Å². The van der Waals surface area contributed by atoms with Crippen molar-refractivity contribution in [2.45, 2.75) is 45.8 Å². The normalized spacial score (nSPS) is 23.6. The second-order valence-electron chi connectivity index (χ2n) is 5.60. The number of alkyl carbamates (subject to hydrolysis) is 1. The fourth-order valence-corrected chi connectivity index (χ4v) is 2.00. The van der Waals surface area contributed by atoms with Gasteiger partial charge in [0.05, 0.1) is 18.6 Å². The Morgan fingerprint density at radius 3 is 2.63 bits per heavy atom. The van der Waals surface area contributed by atoms with Crippen molar-refractivity contribution in [3.05, 3.63) is 0 Å². The number of rotatable bonds is 3. The van der Waals surface area contributed by atoms with Crippen LogP contribution in [0.2, 0.25) is 0 Å². The number of nitrogens with one attached hydrogen (secondary N) is 2. The van der Waals surface area contributed by atoms with Gasteiger partial charge in [0.2, 0.25) is 0 Å². The van der Waals surface area contributed by atoms with Gasteiger partial charge in [-0.3, -0.25) is 4.79 Å². The molecule has 1 saturated heterocycles. The average Bonchev–Trinajstić information content (AvgIpc) is 2.27. The molecule has 0 radical (unpaired) electrons. The fourth-order valence-electron chi connectivity index (χ4n) is 2.00. The molecule has 1 heterocycles. The highest BCUT2D eigenvalue weighted by molar-refractivity contribution is 5.75. The van der Waals surface area contributed by atoms with Crippen LogP contribution in [0.4, 0.5) is 4.79 Å². The molecule has 6 heteroatoms. The van der Waals surface area contributed by atoms with E-state index in [4.69, 9.17) is 9.47 Å². The van der Waals surface area contributed by atoms with Crippen molar-refractivity contribution in [1.82, 2.24) is 10.6 Å². The molecule has 0 saturated carbocycles. The molecule has 0 unspecified atom stereocenters. The predicted molar refractivity (Wildman–Crippen MR) is 70.8 cm³/mol. The quantitative estimate of drug-likeness (QED) is 0.751. The van der Waals surface area contributed by atoms with Crippen LogP contribution in [0.3, 0.4) is 0 Å². The lowest BCUT2D eigenvalue weighted by atomic mass is 9.93. The van der Waals surface area contributed by atoms with Crippen molar-refractivity contribution >= 4 is 12.1 Å². The third-order valence-electron chi connectivity index (χ3n) is 2.77. The van der Waals surface area contributed by atoms with E-state index in [1.807, 2.05) is 0 Å². The number of carbonyl (C=O) groups is 2. The Labute approximate surface area is 114 Å². The highest BCUT2D eigenvalue weighted by atomic mass is 16.6. The molecule has 1 aliphatic rings. The van der Waals surface area contributed by atoms with Gasteiger partial charge in [-0.15, -0.1) is 0 Å². The number of piperidine rings is 1. The summed E-state index contributed by atoms with van der Waals surface area (Å²) in [7, 11) is 0. The monoisotopic (exact) mass is 272 g/mol. The molecule has 0 aromatic carbocycles. The highest BCUT2D eigenvalue weighted by Crippen LogP contribution is 2.16. The van der Waals surface area contributed by atoms with Crippen LogP contribution in [-0.2, 0) is 14.3 Å². The summed E-state index contributed by atoms with van der Waals surface area (Å²) in [4.78, 5) is 23.6. The van der Waals surface area contributed by atoms with Crippen molar-refractivity contribution in [1.29, 1.82) is 0 Å². The first-order valence-corrected chi connectivity index (χ1v) is 6.70. The van der Waals surface area contributed by atoms with Crippen LogP contribution in [0.1, 0.15) is 34.1 Å². The summed E-state index contributed by atoms with van der Waals surface area (Å²) in [5.41, 5.74) is -0.550. The molecule has 2 N–H and O–H groups in total. The summed E-state index contributed by atoms with van der Waals surface area (Å²) >= 11 is 0. The molecule has 0 aliphatic carbocycles. The topological polar surface area (TPSA) is 76.7 Å². The van der Waals surface area contributed by atoms with E-state index in [9.17, 15) is 9.59 Å². The molecule has 0 bridgehead atoms. The summed E-state index contributed by atoms with van der Waals surface area (Å²) in [6, 6.07) is -0.289. The third kappa shape index (κ3) is 5.46. The van der Waals surface area contributed by atoms with Gasteiger partial charge in [0.1, 0.15) is 5.60 Å². The Morgan fingerprint density at radius 1 is 1.37 bits per heavy atom. The zero-order valence-corrected chi connectivity index (χ0v) is 12.1. The van der Waals surface area contributed by atoms with E-state index in [0.717, 1.165) is 6.54 Å². The highest BCUT2D eigenvalue weighted by Gasteiger charge is 2.34. The van der Waals surface area contributed by atoms with Gasteiger partial charge in [0.15, 0.2) is 0 Å². The van der Waals surface area contributed by atoms with Crippen LogP contribution >= 0.6 is 0 Å². The summed E-state index contributed by atoms with van der Waals surface area (Å²) in [6.45, 7) is 8.81. The first-order chi connectivity index (χ1) is 8.83. The fraction of sp³-hybridized carbons (Fsp3) is 0.846. The first-order valence-electron chi connectivity index (χ1n) is 6.70. The van der Waals surface area contributed by atoms with Crippen molar-refractivity contribution < 1.29 is 19.1 Å². The minimum atomic E-state index is -0.550. The molecule has 1 amide bonds. The molecule has 0 aromatic heterocycles. The van der Waals surface area contributed by atoms with Gasteiger partial charge < -0.3 is 20.1 Å². The third-order valence-corrected chi connectivity index (χ3v) is 2.77. The Bertz CT molecular complexity index is 325. The van der Waals surface area contributed by atoms with Crippen molar-refractivity contribution in [2.24, 2.45) is 5.92 Å². The number of hydrogen-bond acceptors (Lipinski definition) is 5. The van der Waals surface area contributed by atoms with Gasteiger partial charge >= 0.3 is 12.1 Å². The summed E-state index contributed by atoms with van der Waals surface area (Å²) in [5.74, 6) is -0.571. The Morgan fingerprint density at radius 2 is 2.05 bits per heavy atom. The standard InChI is InChI=1S/C13H24N2O4/c1-5-18-11(16)9-6-7-14-8-10(9)15-12(17)19-13(2,3)4/h9-10,14H,5-8H2,1-4H3,(H,15,17)/t9-,10+/m1/s1. The maximum absolute atomic E-state index is 11.8. The smallest absolute Gasteiger partial charge is 0.407 e. The molecular formula is C13H24N2O4. The predicted octanol–water partition coefficient (Wildman–Crippen LogP) is 1.05. The number of carbonyl (C=O) groups excluding carboxylic acids is 2. The van der Waals surface area contributed by atoms with E-state index in [1.54, 1.807) is 27.7 Å². The lowest BCUT2D eigenvalue weighted by Crippen LogP contribution is -2.54. The summed E-state index contributed by atoms with van der Waals surface area (Å²) < 4.78 is 10.2. The Balaban J connectivity index is 2.57. The van der Waals surface area contributed by atoms with E-state index < -0.39 is 11.7 Å². The second-order valence-corrected chi connectivity index (χ2v) is 5.60. The first kappa shape index (κ1) is 15.8. The maximum atomic E-state index is 11.8. The number of esters is 1. The van der Waals surface area contributed by atoms with E-state index in [0.29, 0.717) is 19.6 Å². The van der Waals surface area contributed by atoms with Gasteiger partial charge in [-0.1, -0.05) is 0 Å². The number of hydrogen-bond donors (Lipinski definition) is 2. The summed E-state index contributed by atoms with van der Waals surface area (Å²) in [6.07, 6.45) is 0.148. The van der Waals surface area contributed by atoms with Crippen molar-refractivity contribution in [3.63, 3.8) is 0 Å². The molecule has 2 atom stereocenters. The van der Waals surface area contributed by atoms with Gasteiger partial charge in [0, 0.05) is 6.54 Å². The van der Waals surface area contributed by atoms with E-state index >= 15 is 0 Å². The lowest BCUT2D eigenvalue weighted by Gasteiger charge is -2.31. The van der Waals surface area contributed by atoms with Gasteiger partial charge in [-0.05, 0) is 40.7 Å². The molecule has 19 heavy (non-hydrogen) atoms. The molecular weight excluding hydrogens is 248 g/mol. The van der Waals surface area contributed by atoms with E-state index in [2.05, 4.69) is 10.6 Å². The summed E-state index contributed by atoms with van der Waals surface area (Å²) in [5, 5.41) is 5.89. The van der Waals surface area contributed by atoms with Crippen LogP contribution in [0.25, 0.3) is 0 Å². The Kier molecular flexibility index (Phi) is 5.60. The molecule has 0 aromatic rings. The maximum Gasteiger partial charge on any atom is 0.407 e. The lowest BCUT2D eigenvalue weighted by molar-refractivity contribution is -0.149. The molecule has 6 nitrogen and oxygen atoms in total. The molecule has 1 rings (SSSR count). The zero-order valence-electron chi connectivity index (χ0n) is 12.1.